The van der Waals surface area contributed by atoms with E-state index in [-0.39, 0.29) is 11.6 Å². The zero-order valence-electron chi connectivity index (χ0n) is 16.3. The number of carbonyl (C=O) groups is 2. The molecule has 0 spiro atoms. The van der Waals surface area contributed by atoms with E-state index in [2.05, 4.69) is 20.2 Å². The van der Waals surface area contributed by atoms with Crippen LogP contribution in [0.15, 0.2) is 42.5 Å². The van der Waals surface area contributed by atoms with Crippen molar-refractivity contribution < 1.29 is 14.7 Å². The number of piperidine rings is 1. The Bertz CT molecular complexity index is 1220. The maximum absolute atomic E-state index is 13.0. The number of benzene rings is 2. The molecular weight excluding hydrogens is 382 g/mol. The van der Waals surface area contributed by atoms with Gasteiger partial charge in [-0.05, 0) is 49.1 Å². The molecule has 3 N–H and O–H groups in total. The number of amides is 1. The highest BCUT2D eigenvalue weighted by atomic mass is 16.4. The number of aromatic carboxylic acids is 1. The molecule has 0 saturated carbocycles. The Balaban J connectivity index is 1.26. The standard InChI is InChI=1S/C22H21N5O3/c28-21(14-5-6-16-15(12-14)20(22(29)30)26-25-16)27-9-7-13(8-10-27)11-19-23-17-3-1-2-4-18(17)24-19/h1-6,12-13H,7-11H2,(H,23,24)(H,25,26)(H,29,30). The number of hydrogen-bond acceptors (Lipinski definition) is 4. The summed E-state index contributed by atoms with van der Waals surface area (Å²) in [6, 6.07) is 13.0. The number of hydrogen-bond donors (Lipinski definition) is 3. The molecule has 8 nitrogen and oxygen atoms in total. The molecule has 152 valence electrons. The molecule has 1 aliphatic heterocycles. The molecule has 1 amide bonds. The van der Waals surface area contributed by atoms with Gasteiger partial charge in [0.25, 0.3) is 5.91 Å². The zero-order valence-corrected chi connectivity index (χ0v) is 16.3. The molecule has 3 heterocycles. The maximum Gasteiger partial charge on any atom is 0.357 e. The van der Waals surface area contributed by atoms with Gasteiger partial charge in [-0.2, -0.15) is 5.10 Å². The molecule has 0 bridgehead atoms. The number of nitrogens with one attached hydrogen (secondary N) is 2. The number of nitrogens with zero attached hydrogens (tertiary/aromatic N) is 3. The molecule has 0 atom stereocenters. The number of carboxylic acids is 1. The Kier molecular flexibility index (Phi) is 4.46. The second kappa shape index (κ2) is 7.29. The van der Waals surface area contributed by atoms with E-state index in [1.54, 1.807) is 18.2 Å². The van der Waals surface area contributed by atoms with Crippen LogP contribution in [0.1, 0.15) is 39.5 Å². The molecule has 0 radical (unpaired) electrons. The summed E-state index contributed by atoms with van der Waals surface area (Å²) in [4.78, 5) is 34.2. The third-order valence-corrected chi connectivity index (χ3v) is 5.83. The van der Waals surface area contributed by atoms with E-state index in [1.807, 2.05) is 29.2 Å². The SMILES string of the molecule is O=C(O)c1n[nH]c2ccc(C(=O)N3CCC(Cc4nc5ccccc5[nH]4)CC3)cc12. The lowest BCUT2D eigenvalue weighted by Gasteiger charge is -2.31. The second-order valence-corrected chi connectivity index (χ2v) is 7.78. The Morgan fingerprint density at radius 3 is 2.67 bits per heavy atom. The smallest absolute Gasteiger partial charge is 0.357 e. The number of aromatic nitrogens is 4. The molecule has 2 aromatic heterocycles. The number of fused-ring (bicyclic) bond motifs is 2. The zero-order chi connectivity index (χ0) is 20.7. The fraction of sp³-hybridized carbons (Fsp3) is 0.273. The lowest BCUT2D eigenvalue weighted by molar-refractivity contribution is 0.0680. The van der Waals surface area contributed by atoms with E-state index >= 15 is 0 Å². The van der Waals surface area contributed by atoms with Gasteiger partial charge < -0.3 is 15.0 Å². The molecule has 2 aromatic carbocycles. The van der Waals surface area contributed by atoms with E-state index in [0.717, 1.165) is 36.1 Å². The van der Waals surface area contributed by atoms with Gasteiger partial charge in [-0.3, -0.25) is 9.89 Å². The first kappa shape index (κ1) is 18.4. The highest BCUT2D eigenvalue weighted by Crippen LogP contribution is 2.24. The molecule has 30 heavy (non-hydrogen) atoms. The average Bonchev–Trinajstić information content (AvgIpc) is 3.36. The minimum atomic E-state index is -1.11. The van der Waals surface area contributed by atoms with Crippen molar-refractivity contribution in [2.75, 3.05) is 13.1 Å². The Labute approximate surface area is 171 Å². The Morgan fingerprint density at radius 2 is 1.90 bits per heavy atom. The Hall–Kier alpha value is -3.68. The molecule has 1 aliphatic rings. The minimum absolute atomic E-state index is 0.0656. The van der Waals surface area contributed by atoms with Crippen molar-refractivity contribution in [1.29, 1.82) is 0 Å². The quantitative estimate of drug-likeness (QED) is 0.484. The van der Waals surface area contributed by atoms with Crippen molar-refractivity contribution in [2.24, 2.45) is 5.92 Å². The average molecular weight is 403 g/mol. The van der Waals surface area contributed by atoms with Crippen LogP contribution in [0.4, 0.5) is 0 Å². The number of para-hydroxylation sites is 2. The van der Waals surface area contributed by atoms with Crippen LogP contribution in [-0.2, 0) is 6.42 Å². The summed E-state index contributed by atoms with van der Waals surface area (Å²) in [5, 5.41) is 16.2. The van der Waals surface area contributed by atoms with Gasteiger partial charge in [0, 0.05) is 30.5 Å². The number of imidazole rings is 1. The van der Waals surface area contributed by atoms with Crippen molar-refractivity contribution in [1.82, 2.24) is 25.1 Å². The van der Waals surface area contributed by atoms with Gasteiger partial charge in [-0.25, -0.2) is 9.78 Å². The van der Waals surface area contributed by atoms with Gasteiger partial charge in [0.1, 0.15) is 5.82 Å². The Morgan fingerprint density at radius 1 is 1.10 bits per heavy atom. The third kappa shape index (κ3) is 3.30. The summed E-state index contributed by atoms with van der Waals surface area (Å²) in [5.41, 5.74) is 3.06. The number of H-pyrrole nitrogens is 2. The monoisotopic (exact) mass is 403 g/mol. The largest absolute Gasteiger partial charge is 0.476 e. The van der Waals surface area contributed by atoms with E-state index in [4.69, 9.17) is 0 Å². The number of carbonyl (C=O) groups excluding carboxylic acids is 1. The normalized spacial score (nSPS) is 15.1. The fourth-order valence-electron chi connectivity index (χ4n) is 4.21. The summed E-state index contributed by atoms with van der Waals surface area (Å²) in [6.07, 6.45) is 2.70. The predicted molar refractivity (Wildman–Crippen MR) is 111 cm³/mol. The van der Waals surface area contributed by atoms with E-state index in [1.165, 1.54) is 0 Å². The van der Waals surface area contributed by atoms with Gasteiger partial charge in [0.05, 0.1) is 16.6 Å². The van der Waals surface area contributed by atoms with E-state index < -0.39 is 5.97 Å². The minimum Gasteiger partial charge on any atom is -0.476 e. The molecular formula is C22H21N5O3. The number of carboxylic acid groups (broad SMARTS) is 1. The van der Waals surface area contributed by atoms with Crippen LogP contribution >= 0.6 is 0 Å². The lowest BCUT2D eigenvalue weighted by atomic mass is 9.93. The first-order valence-electron chi connectivity index (χ1n) is 10.0. The van der Waals surface area contributed by atoms with Crippen molar-refractivity contribution >= 4 is 33.8 Å². The molecule has 8 heteroatoms. The van der Waals surface area contributed by atoms with Crippen LogP contribution in [0.25, 0.3) is 21.9 Å². The lowest BCUT2D eigenvalue weighted by Crippen LogP contribution is -2.39. The molecule has 0 aliphatic carbocycles. The summed E-state index contributed by atoms with van der Waals surface area (Å²) in [5.74, 6) is 0.283. The third-order valence-electron chi connectivity index (χ3n) is 5.83. The first-order chi connectivity index (χ1) is 14.6. The number of likely N-dealkylation sites (tertiary alicyclic amines) is 1. The molecule has 0 unspecified atom stereocenters. The van der Waals surface area contributed by atoms with Gasteiger partial charge in [-0.15, -0.1) is 0 Å². The van der Waals surface area contributed by atoms with Crippen molar-refractivity contribution in [3.05, 3.63) is 59.5 Å². The fourth-order valence-corrected chi connectivity index (χ4v) is 4.21. The number of rotatable bonds is 4. The summed E-state index contributed by atoms with van der Waals surface area (Å²) in [7, 11) is 0. The summed E-state index contributed by atoms with van der Waals surface area (Å²) < 4.78 is 0. The summed E-state index contributed by atoms with van der Waals surface area (Å²) >= 11 is 0. The second-order valence-electron chi connectivity index (χ2n) is 7.78. The molecule has 1 saturated heterocycles. The first-order valence-corrected chi connectivity index (χ1v) is 10.0. The predicted octanol–water partition coefficient (Wildman–Crippen LogP) is 3.23. The van der Waals surface area contributed by atoms with Gasteiger partial charge in [-0.1, -0.05) is 12.1 Å². The topological polar surface area (TPSA) is 115 Å². The van der Waals surface area contributed by atoms with Crippen molar-refractivity contribution in [3.63, 3.8) is 0 Å². The van der Waals surface area contributed by atoms with Gasteiger partial charge in [0.2, 0.25) is 0 Å². The maximum atomic E-state index is 13.0. The van der Waals surface area contributed by atoms with Crippen molar-refractivity contribution in [3.8, 4) is 0 Å². The van der Waals surface area contributed by atoms with Crippen LogP contribution in [0.5, 0.6) is 0 Å². The van der Waals surface area contributed by atoms with Crippen LogP contribution in [-0.4, -0.2) is 55.1 Å². The summed E-state index contributed by atoms with van der Waals surface area (Å²) in [6.45, 7) is 1.36. The van der Waals surface area contributed by atoms with Gasteiger partial charge >= 0.3 is 5.97 Å². The highest BCUT2D eigenvalue weighted by molar-refractivity contribution is 6.04. The molecule has 1 fully saturated rings. The van der Waals surface area contributed by atoms with Crippen LogP contribution < -0.4 is 0 Å². The van der Waals surface area contributed by atoms with Crippen LogP contribution in [0.2, 0.25) is 0 Å². The van der Waals surface area contributed by atoms with Gasteiger partial charge in [0.15, 0.2) is 5.69 Å². The van der Waals surface area contributed by atoms with E-state index in [9.17, 15) is 14.7 Å². The number of aromatic amines is 2. The van der Waals surface area contributed by atoms with Crippen molar-refractivity contribution in [2.45, 2.75) is 19.3 Å². The molecule has 5 rings (SSSR count). The van der Waals surface area contributed by atoms with Crippen LogP contribution in [0.3, 0.4) is 0 Å². The highest BCUT2D eigenvalue weighted by Gasteiger charge is 2.25. The van der Waals surface area contributed by atoms with Crippen LogP contribution in [0, 0.1) is 5.92 Å². The van der Waals surface area contributed by atoms with E-state index in [0.29, 0.717) is 35.5 Å². The molecule has 4 aromatic rings.